The SMILES string of the molecule is CC[C@H](NC(=O)[C@H](NC(=O)OC(C)(C)C)C(C)C)c1ccc(Cl)cc1. The van der Waals surface area contributed by atoms with Crippen LogP contribution >= 0.6 is 11.6 Å². The molecule has 0 aliphatic carbocycles. The number of hydrogen-bond donors (Lipinski definition) is 2. The molecule has 0 fully saturated rings. The van der Waals surface area contributed by atoms with E-state index in [0.29, 0.717) is 5.02 Å². The molecule has 0 saturated carbocycles. The summed E-state index contributed by atoms with van der Waals surface area (Å²) >= 11 is 5.92. The van der Waals surface area contributed by atoms with E-state index in [1.54, 1.807) is 32.9 Å². The first-order valence-electron chi connectivity index (χ1n) is 8.58. The normalized spacial score (nSPS) is 13.9. The molecule has 1 rings (SSSR count). The van der Waals surface area contributed by atoms with Crippen molar-refractivity contribution in [1.82, 2.24) is 10.6 Å². The molecule has 140 valence electrons. The molecule has 0 saturated heterocycles. The lowest BCUT2D eigenvalue weighted by Gasteiger charge is -2.27. The van der Waals surface area contributed by atoms with Gasteiger partial charge in [0.1, 0.15) is 11.6 Å². The molecule has 0 bridgehead atoms. The van der Waals surface area contributed by atoms with Crippen molar-refractivity contribution in [3.8, 4) is 0 Å². The van der Waals surface area contributed by atoms with Gasteiger partial charge in [-0.2, -0.15) is 0 Å². The minimum absolute atomic E-state index is 0.0738. The Hall–Kier alpha value is -1.75. The number of carbonyl (C=O) groups excluding carboxylic acids is 2. The van der Waals surface area contributed by atoms with Crippen LogP contribution in [0, 0.1) is 5.92 Å². The molecule has 25 heavy (non-hydrogen) atoms. The molecule has 0 aromatic heterocycles. The maximum Gasteiger partial charge on any atom is 0.408 e. The fourth-order valence-corrected chi connectivity index (χ4v) is 2.47. The van der Waals surface area contributed by atoms with Crippen molar-refractivity contribution < 1.29 is 14.3 Å². The molecule has 5 nitrogen and oxygen atoms in total. The quantitative estimate of drug-likeness (QED) is 0.779. The minimum Gasteiger partial charge on any atom is -0.444 e. The van der Waals surface area contributed by atoms with E-state index in [2.05, 4.69) is 10.6 Å². The minimum atomic E-state index is -0.670. The average molecular weight is 369 g/mol. The van der Waals surface area contributed by atoms with Gasteiger partial charge in [-0.25, -0.2) is 4.79 Å². The molecule has 0 unspecified atom stereocenters. The predicted octanol–water partition coefficient (Wildman–Crippen LogP) is 4.46. The number of amides is 2. The van der Waals surface area contributed by atoms with Crippen molar-refractivity contribution in [3.05, 3.63) is 34.9 Å². The number of nitrogens with one attached hydrogen (secondary N) is 2. The summed E-state index contributed by atoms with van der Waals surface area (Å²) in [5.74, 6) is -0.307. The Bertz CT molecular complexity index is 579. The summed E-state index contributed by atoms with van der Waals surface area (Å²) < 4.78 is 5.25. The number of ether oxygens (including phenoxy) is 1. The van der Waals surface area contributed by atoms with Crippen molar-refractivity contribution in [1.29, 1.82) is 0 Å². The lowest BCUT2D eigenvalue weighted by Crippen LogP contribution is -2.51. The van der Waals surface area contributed by atoms with Gasteiger partial charge in [-0.15, -0.1) is 0 Å². The third-order valence-corrected chi connectivity index (χ3v) is 3.87. The van der Waals surface area contributed by atoms with Crippen LogP contribution in [0.3, 0.4) is 0 Å². The maximum absolute atomic E-state index is 12.7. The topological polar surface area (TPSA) is 67.4 Å². The van der Waals surface area contributed by atoms with E-state index in [1.807, 2.05) is 32.9 Å². The van der Waals surface area contributed by atoms with E-state index >= 15 is 0 Å². The highest BCUT2D eigenvalue weighted by atomic mass is 35.5. The van der Waals surface area contributed by atoms with Crippen LogP contribution in [-0.4, -0.2) is 23.6 Å². The lowest BCUT2D eigenvalue weighted by molar-refractivity contribution is -0.125. The molecule has 0 aliphatic rings. The number of alkyl carbamates (subject to hydrolysis) is 1. The highest BCUT2D eigenvalue weighted by Gasteiger charge is 2.28. The van der Waals surface area contributed by atoms with Gasteiger partial charge >= 0.3 is 6.09 Å². The van der Waals surface area contributed by atoms with Gasteiger partial charge in [0.2, 0.25) is 5.91 Å². The fraction of sp³-hybridized carbons (Fsp3) is 0.579. The monoisotopic (exact) mass is 368 g/mol. The summed E-state index contributed by atoms with van der Waals surface area (Å²) in [7, 11) is 0. The Morgan fingerprint density at radius 3 is 2.12 bits per heavy atom. The van der Waals surface area contributed by atoms with Gasteiger partial charge in [-0.3, -0.25) is 4.79 Å². The van der Waals surface area contributed by atoms with E-state index in [0.717, 1.165) is 12.0 Å². The Morgan fingerprint density at radius 1 is 1.12 bits per heavy atom. The van der Waals surface area contributed by atoms with Gasteiger partial charge in [0, 0.05) is 5.02 Å². The third-order valence-electron chi connectivity index (χ3n) is 3.62. The first kappa shape index (κ1) is 21.3. The Balaban J connectivity index is 2.80. The Kier molecular flexibility index (Phi) is 7.74. The molecule has 0 spiro atoms. The van der Waals surface area contributed by atoms with Crippen LogP contribution in [-0.2, 0) is 9.53 Å². The number of rotatable bonds is 6. The molecule has 6 heteroatoms. The first-order valence-corrected chi connectivity index (χ1v) is 8.96. The van der Waals surface area contributed by atoms with Crippen molar-refractivity contribution in [2.75, 3.05) is 0 Å². The highest BCUT2D eigenvalue weighted by Crippen LogP contribution is 2.20. The maximum atomic E-state index is 12.7. The standard InChI is InChI=1S/C19H29ClN2O3/c1-7-15(13-8-10-14(20)11-9-13)21-17(23)16(12(2)3)22-18(24)25-19(4,5)6/h8-12,15-16H,7H2,1-6H3,(H,21,23)(H,22,24)/t15-,16+/m0/s1. The van der Waals surface area contributed by atoms with Gasteiger partial charge in [0.25, 0.3) is 0 Å². The zero-order valence-corrected chi connectivity index (χ0v) is 16.6. The van der Waals surface area contributed by atoms with Gasteiger partial charge in [0.15, 0.2) is 0 Å². The van der Waals surface area contributed by atoms with Crippen molar-refractivity contribution >= 4 is 23.6 Å². The molecule has 0 radical (unpaired) electrons. The van der Waals surface area contributed by atoms with Crippen molar-refractivity contribution in [2.24, 2.45) is 5.92 Å². The lowest BCUT2D eigenvalue weighted by atomic mass is 10.0. The van der Waals surface area contributed by atoms with Gasteiger partial charge in [-0.05, 0) is 50.8 Å². The molecular weight excluding hydrogens is 340 g/mol. The number of hydrogen-bond acceptors (Lipinski definition) is 3. The predicted molar refractivity (Wildman–Crippen MR) is 101 cm³/mol. The smallest absolute Gasteiger partial charge is 0.408 e. The summed E-state index contributed by atoms with van der Waals surface area (Å²) in [6, 6.07) is 6.56. The van der Waals surface area contributed by atoms with E-state index < -0.39 is 17.7 Å². The van der Waals surface area contributed by atoms with E-state index in [1.165, 1.54) is 0 Å². The highest BCUT2D eigenvalue weighted by molar-refractivity contribution is 6.30. The van der Waals surface area contributed by atoms with Crippen molar-refractivity contribution in [2.45, 2.75) is 65.6 Å². The largest absolute Gasteiger partial charge is 0.444 e. The first-order chi connectivity index (χ1) is 11.5. The summed E-state index contributed by atoms with van der Waals surface area (Å²) in [4.78, 5) is 24.7. The second-order valence-corrected chi connectivity index (χ2v) is 7.83. The number of halogens is 1. The molecule has 1 aromatic carbocycles. The van der Waals surface area contributed by atoms with Gasteiger partial charge < -0.3 is 15.4 Å². The van der Waals surface area contributed by atoms with Crippen LogP contribution in [0.1, 0.15) is 59.6 Å². The van der Waals surface area contributed by atoms with Gasteiger partial charge in [-0.1, -0.05) is 44.5 Å². The van der Waals surface area contributed by atoms with Crippen LogP contribution in [0.25, 0.3) is 0 Å². The Morgan fingerprint density at radius 2 is 1.68 bits per heavy atom. The number of benzene rings is 1. The van der Waals surface area contributed by atoms with Crippen LogP contribution < -0.4 is 10.6 Å². The zero-order valence-electron chi connectivity index (χ0n) is 15.9. The molecule has 2 N–H and O–H groups in total. The van der Waals surface area contributed by atoms with E-state index in [-0.39, 0.29) is 17.9 Å². The summed E-state index contributed by atoms with van der Waals surface area (Å²) in [5.41, 5.74) is 0.359. The summed E-state index contributed by atoms with van der Waals surface area (Å²) in [6.45, 7) is 11.1. The summed E-state index contributed by atoms with van der Waals surface area (Å²) in [6.07, 6.45) is 0.130. The van der Waals surface area contributed by atoms with Crippen molar-refractivity contribution in [3.63, 3.8) is 0 Å². The van der Waals surface area contributed by atoms with Crippen LogP contribution in [0.5, 0.6) is 0 Å². The molecule has 1 aromatic rings. The van der Waals surface area contributed by atoms with Crippen LogP contribution in [0.15, 0.2) is 24.3 Å². The number of carbonyl (C=O) groups is 2. The van der Waals surface area contributed by atoms with E-state index in [4.69, 9.17) is 16.3 Å². The zero-order chi connectivity index (χ0) is 19.2. The molecule has 2 amide bonds. The van der Waals surface area contributed by atoms with Crippen LogP contribution in [0.4, 0.5) is 4.79 Å². The molecule has 0 heterocycles. The molecular formula is C19H29ClN2O3. The third kappa shape index (κ3) is 7.34. The molecule has 2 atom stereocenters. The fourth-order valence-electron chi connectivity index (χ4n) is 2.35. The Labute approximate surface area is 155 Å². The molecule has 0 aliphatic heterocycles. The second-order valence-electron chi connectivity index (χ2n) is 7.39. The summed E-state index contributed by atoms with van der Waals surface area (Å²) in [5, 5.41) is 6.32. The average Bonchev–Trinajstić information content (AvgIpc) is 2.49. The van der Waals surface area contributed by atoms with Crippen LogP contribution in [0.2, 0.25) is 5.02 Å². The van der Waals surface area contributed by atoms with Gasteiger partial charge in [0.05, 0.1) is 6.04 Å². The second kappa shape index (κ2) is 9.09. The van der Waals surface area contributed by atoms with E-state index in [9.17, 15) is 9.59 Å².